The van der Waals surface area contributed by atoms with Gasteiger partial charge in [-0.2, -0.15) is 13.2 Å². The summed E-state index contributed by atoms with van der Waals surface area (Å²) in [5, 5.41) is 5.49. The van der Waals surface area contributed by atoms with Gasteiger partial charge in [0, 0.05) is 5.92 Å². The van der Waals surface area contributed by atoms with E-state index in [2.05, 4.69) is 23.5 Å². The number of alkyl halides is 3. The van der Waals surface area contributed by atoms with Crippen LogP contribution in [0, 0.1) is 5.92 Å². The third-order valence-corrected chi connectivity index (χ3v) is 5.86. The minimum atomic E-state index is -4.38. The number of fused-ring (bicyclic) bond motifs is 4. The normalized spacial score (nSPS) is 23.7. The molecule has 0 aromatic heterocycles. The van der Waals surface area contributed by atoms with Crippen molar-refractivity contribution in [3.05, 3.63) is 89.5 Å². The van der Waals surface area contributed by atoms with Crippen molar-refractivity contribution in [1.82, 2.24) is 0 Å². The molecule has 5 rings (SSSR count). The summed E-state index contributed by atoms with van der Waals surface area (Å²) >= 11 is 0. The standard InChI is InChI=1S/C23H18F3N/c24-23(25,26)20-13-5-12-19-16-9-4-11-18(16)21(27-22(19)20)17-10-3-7-14-6-1-2-8-15(14)17/h1-10,12-13,16,18,21,27H,11H2/t16-,18+,21-/m1/s1. The summed E-state index contributed by atoms with van der Waals surface area (Å²) in [6.07, 6.45) is 0.658. The van der Waals surface area contributed by atoms with E-state index in [1.54, 1.807) is 0 Å². The van der Waals surface area contributed by atoms with Crippen LogP contribution in [0.25, 0.3) is 10.8 Å². The molecule has 1 nitrogen and oxygen atoms in total. The molecule has 1 aliphatic heterocycles. The van der Waals surface area contributed by atoms with Gasteiger partial charge in [-0.15, -0.1) is 0 Å². The van der Waals surface area contributed by atoms with Gasteiger partial charge >= 0.3 is 6.18 Å². The summed E-state index contributed by atoms with van der Waals surface area (Å²) in [5.74, 6) is 0.222. The SMILES string of the molecule is FC(F)(F)c1cccc2c1N[C@H](c1cccc3ccccc13)[C@H]1CC=C[C@@H]21. The average Bonchev–Trinajstić information content (AvgIpc) is 3.16. The largest absolute Gasteiger partial charge is 0.418 e. The van der Waals surface area contributed by atoms with Crippen LogP contribution in [-0.4, -0.2) is 0 Å². The zero-order chi connectivity index (χ0) is 18.6. The molecule has 0 saturated heterocycles. The van der Waals surface area contributed by atoms with Gasteiger partial charge in [-0.25, -0.2) is 0 Å². The second-order valence-electron chi connectivity index (χ2n) is 7.31. The summed E-state index contributed by atoms with van der Waals surface area (Å²) in [6.45, 7) is 0. The van der Waals surface area contributed by atoms with E-state index in [1.807, 2.05) is 42.5 Å². The van der Waals surface area contributed by atoms with Crippen LogP contribution in [-0.2, 0) is 6.18 Å². The van der Waals surface area contributed by atoms with Gasteiger partial charge in [-0.3, -0.25) is 0 Å². The fourth-order valence-electron chi connectivity index (χ4n) is 4.69. The van der Waals surface area contributed by atoms with E-state index in [-0.39, 0.29) is 23.6 Å². The van der Waals surface area contributed by atoms with Gasteiger partial charge in [0.2, 0.25) is 0 Å². The molecule has 0 bridgehead atoms. The predicted octanol–water partition coefficient (Wildman–Crippen LogP) is 6.69. The molecule has 3 atom stereocenters. The summed E-state index contributed by atoms with van der Waals surface area (Å²) in [4.78, 5) is 0. The van der Waals surface area contributed by atoms with Crippen molar-refractivity contribution in [2.45, 2.75) is 24.6 Å². The molecule has 27 heavy (non-hydrogen) atoms. The Morgan fingerprint density at radius 2 is 1.59 bits per heavy atom. The Labute approximate surface area is 155 Å². The summed E-state index contributed by atoms with van der Waals surface area (Å²) < 4.78 is 40.9. The van der Waals surface area contributed by atoms with Crippen molar-refractivity contribution in [1.29, 1.82) is 0 Å². The number of hydrogen-bond donors (Lipinski definition) is 1. The van der Waals surface area contributed by atoms with Crippen LogP contribution in [0.3, 0.4) is 0 Å². The molecular formula is C23H18F3N. The van der Waals surface area contributed by atoms with Crippen LogP contribution in [0.2, 0.25) is 0 Å². The van der Waals surface area contributed by atoms with Crippen molar-refractivity contribution in [2.75, 3.05) is 5.32 Å². The Morgan fingerprint density at radius 1 is 0.852 bits per heavy atom. The number of allylic oxidation sites excluding steroid dienone is 2. The average molecular weight is 365 g/mol. The first-order chi connectivity index (χ1) is 13.0. The minimum absolute atomic E-state index is 0.00696. The smallest absolute Gasteiger partial charge is 0.377 e. The lowest BCUT2D eigenvalue weighted by Gasteiger charge is -2.39. The monoisotopic (exact) mass is 365 g/mol. The Kier molecular flexibility index (Phi) is 3.58. The van der Waals surface area contributed by atoms with Gasteiger partial charge in [0.1, 0.15) is 0 Å². The molecule has 0 amide bonds. The van der Waals surface area contributed by atoms with Gasteiger partial charge in [0.15, 0.2) is 0 Å². The van der Waals surface area contributed by atoms with Crippen molar-refractivity contribution >= 4 is 16.5 Å². The first-order valence-electron chi connectivity index (χ1n) is 9.15. The second-order valence-corrected chi connectivity index (χ2v) is 7.31. The molecule has 1 aliphatic carbocycles. The van der Waals surface area contributed by atoms with Crippen LogP contribution < -0.4 is 5.32 Å². The Hall–Kier alpha value is -2.75. The summed E-state index contributed by atoms with van der Waals surface area (Å²) in [5.41, 5.74) is 1.47. The maximum Gasteiger partial charge on any atom is 0.418 e. The molecule has 0 unspecified atom stereocenters. The lowest BCUT2D eigenvalue weighted by Crippen LogP contribution is -2.30. The van der Waals surface area contributed by atoms with Crippen molar-refractivity contribution in [3.8, 4) is 0 Å². The van der Waals surface area contributed by atoms with E-state index in [0.717, 1.165) is 28.3 Å². The van der Waals surface area contributed by atoms with E-state index >= 15 is 0 Å². The van der Waals surface area contributed by atoms with Crippen molar-refractivity contribution < 1.29 is 13.2 Å². The molecule has 136 valence electrons. The number of hydrogen-bond acceptors (Lipinski definition) is 1. The van der Waals surface area contributed by atoms with E-state index in [4.69, 9.17) is 0 Å². The van der Waals surface area contributed by atoms with Crippen LogP contribution in [0.5, 0.6) is 0 Å². The van der Waals surface area contributed by atoms with E-state index < -0.39 is 11.7 Å². The number of anilines is 1. The third-order valence-electron chi connectivity index (χ3n) is 5.86. The highest BCUT2D eigenvalue weighted by Crippen LogP contribution is 2.53. The fraction of sp³-hybridized carbons (Fsp3) is 0.217. The molecule has 4 heteroatoms. The molecular weight excluding hydrogens is 347 g/mol. The van der Waals surface area contributed by atoms with Crippen molar-refractivity contribution in [3.63, 3.8) is 0 Å². The number of benzene rings is 3. The van der Waals surface area contributed by atoms with Gasteiger partial charge in [-0.05, 0) is 40.3 Å². The quantitative estimate of drug-likeness (QED) is 0.474. The van der Waals surface area contributed by atoms with E-state index in [0.29, 0.717) is 0 Å². The molecule has 3 aromatic rings. The summed E-state index contributed by atoms with van der Waals surface area (Å²) in [7, 11) is 0. The first-order valence-corrected chi connectivity index (χ1v) is 9.15. The molecule has 1 N–H and O–H groups in total. The van der Waals surface area contributed by atoms with Crippen molar-refractivity contribution in [2.24, 2.45) is 5.92 Å². The van der Waals surface area contributed by atoms with Crippen LogP contribution in [0.4, 0.5) is 18.9 Å². The zero-order valence-corrected chi connectivity index (χ0v) is 14.5. The Morgan fingerprint density at radius 3 is 2.44 bits per heavy atom. The molecule has 3 aromatic carbocycles. The van der Waals surface area contributed by atoms with Gasteiger partial charge < -0.3 is 5.32 Å². The molecule has 0 saturated carbocycles. The molecule has 0 radical (unpaired) electrons. The zero-order valence-electron chi connectivity index (χ0n) is 14.5. The number of nitrogens with one attached hydrogen (secondary N) is 1. The van der Waals surface area contributed by atoms with E-state index in [1.165, 1.54) is 12.1 Å². The lowest BCUT2D eigenvalue weighted by molar-refractivity contribution is -0.137. The molecule has 2 aliphatic rings. The minimum Gasteiger partial charge on any atom is -0.377 e. The predicted molar refractivity (Wildman–Crippen MR) is 102 cm³/mol. The van der Waals surface area contributed by atoms with Crippen LogP contribution in [0.15, 0.2) is 72.8 Å². The number of halogens is 3. The number of para-hydroxylation sites is 1. The maximum absolute atomic E-state index is 13.6. The van der Waals surface area contributed by atoms with E-state index in [9.17, 15) is 13.2 Å². The fourth-order valence-corrected chi connectivity index (χ4v) is 4.69. The molecule has 0 spiro atoms. The Bertz CT molecular complexity index is 1050. The lowest BCUT2D eigenvalue weighted by atomic mass is 9.75. The van der Waals surface area contributed by atoms with Crippen LogP contribution in [0.1, 0.15) is 35.1 Å². The highest BCUT2D eigenvalue weighted by molar-refractivity contribution is 5.87. The third kappa shape index (κ3) is 2.54. The second kappa shape index (κ2) is 5.88. The maximum atomic E-state index is 13.6. The van der Waals surface area contributed by atoms with Gasteiger partial charge in [-0.1, -0.05) is 66.7 Å². The number of rotatable bonds is 1. The molecule has 0 fully saturated rings. The van der Waals surface area contributed by atoms with Gasteiger partial charge in [0.05, 0.1) is 17.3 Å². The highest BCUT2D eigenvalue weighted by atomic mass is 19.4. The molecule has 1 heterocycles. The van der Waals surface area contributed by atoms with Crippen LogP contribution >= 0.6 is 0 Å². The first kappa shape index (κ1) is 16.4. The highest BCUT2D eigenvalue weighted by Gasteiger charge is 2.43. The topological polar surface area (TPSA) is 12.0 Å². The Balaban J connectivity index is 1.71. The van der Waals surface area contributed by atoms with Gasteiger partial charge in [0.25, 0.3) is 0 Å². The summed E-state index contributed by atoms with van der Waals surface area (Å²) in [6, 6.07) is 18.5.